The van der Waals surface area contributed by atoms with Gasteiger partial charge in [0, 0.05) is 15.5 Å². The van der Waals surface area contributed by atoms with Crippen LogP contribution in [0.5, 0.6) is 0 Å². The molecule has 128 valence electrons. The van der Waals surface area contributed by atoms with E-state index in [4.69, 9.17) is 0 Å². The van der Waals surface area contributed by atoms with Gasteiger partial charge in [0.15, 0.2) is 0 Å². The van der Waals surface area contributed by atoms with Crippen LogP contribution in [0.1, 0.15) is 16.5 Å². The standard InChI is InChI=1S/C20H20N2OS2/c1-24-17-10-5-9-16(13-17)22-19(23)14-21-20(18-11-6-12-25-18)15-7-3-2-4-8-15/h2-13,20-21H,14H2,1H3,(H,22,23)/t20-/m1/s1. The lowest BCUT2D eigenvalue weighted by atomic mass is 10.1. The SMILES string of the molecule is CSc1cccc(NC(=O)CN[C@H](c2ccccc2)c2cccs2)c1. The molecule has 1 amide bonds. The number of hydrogen-bond acceptors (Lipinski definition) is 4. The van der Waals surface area contributed by atoms with Crippen LogP contribution in [-0.4, -0.2) is 18.7 Å². The van der Waals surface area contributed by atoms with Gasteiger partial charge in [-0.1, -0.05) is 42.5 Å². The fourth-order valence-electron chi connectivity index (χ4n) is 2.58. The molecular weight excluding hydrogens is 348 g/mol. The predicted molar refractivity (Wildman–Crippen MR) is 107 cm³/mol. The van der Waals surface area contributed by atoms with Crippen LogP contribution < -0.4 is 10.6 Å². The van der Waals surface area contributed by atoms with Gasteiger partial charge in [0.25, 0.3) is 0 Å². The number of rotatable bonds is 7. The highest BCUT2D eigenvalue weighted by Gasteiger charge is 2.15. The molecule has 1 heterocycles. The number of hydrogen-bond donors (Lipinski definition) is 2. The molecule has 0 saturated carbocycles. The van der Waals surface area contributed by atoms with E-state index in [1.54, 1.807) is 23.1 Å². The molecule has 0 aliphatic carbocycles. The Balaban J connectivity index is 1.66. The second-order valence-electron chi connectivity index (χ2n) is 5.52. The first kappa shape index (κ1) is 17.7. The van der Waals surface area contributed by atoms with Gasteiger partial charge in [0.1, 0.15) is 0 Å². The van der Waals surface area contributed by atoms with Crippen molar-refractivity contribution >= 4 is 34.7 Å². The van der Waals surface area contributed by atoms with Crippen LogP contribution in [0.15, 0.2) is 77.0 Å². The lowest BCUT2D eigenvalue weighted by Gasteiger charge is -2.18. The third kappa shape index (κ3) is 4.95. The Morgan fingerprint density at radius 1 is 1.08 bits per heavy atom. The van der Waals surface area contributed by atoms with Gasteiger partial charge in [-0.05, 0) is 41.5 Å². The lowest BCUT2D eigenvalue weighted by molar-refractivity contribution is -0.115. The summed E-state index contributed by atoms with van der Waals surface area (Å²) in [5, 5.41) is 8.39. The fraction of sp³-hybridized carbons (Fsp3) is 0.150. The predicted octanol–water partition coefficient (Wildman–Crippen LogP) is 4.79. The summed E-state index contributed by atoms with van der Waals surface area (Å²) in [5.41, 5.74) is 1.98. The molecule has 3 nitrogen and oxygen atoms in total. The molecule has 1 atom stereocenters. The van der Waals surface area contributed by atoms with Gasteiger partial charge in [0.05, 0.1) is 12.6 Å². The maximum atomic E-state index is 12.3. The van der Waals surface area contributed by atoms with E-state index in [-0.39, 0.29) is 18.5 Å². The summed E-state index contributed by atoms with van der Waals surface area (Å²) >= 11 is 3.35. The van der Waals surface area contributed by atoms with Crippen LogP contribution in [0, 0.1) is 0 Å². The van der Waals surface area contributed by atoms with Gasteiger partial charge < -0.3 is 5.32 Å². The van der Waals surface area contributed by atoms with Crippen molar-refractivity contribution in [2.75, 3.05) is 18.1 Å². The number of nitrogens with one attached hydrogen (secondary N) is 2. The minimum atomic E-state index is -0.0456. The first-order valence-electron chi connectivity index (χ1n) is 8.02. The zero-order valence-corrected chi connectivity index (χ0v) is 15.6. The Morgan fingerprint density at radius 2 is 1.92 bits per heavy atom. The second kappa shape index (κ2) is 8.85. The van der Waals surface area contributed by atoms with Crippen molar-refractivity contribution in [3.05, 3.63) is 82.6 Å². The van der Waals surface area contributed by atoms with E-state index in [0.717, 1.165) is 16.1 Å². The largest absolute Gasteiger partial charge is 0.325 e. The Morgan fingerprint density at radius 3 is 2.64 bits per heavy atom. The molecule has 0 aliphatic heterocycles. The van der Waals surface area contributed by atoms with Crippen molar-refractivity contribution < 1.29 is 4.79 Å². The number of amides is 1. The number of thioether (sulfide) groups is 1. The van der Waals surface area contributed by atoms with Gasteiger partial charge in [-0.15, -0.1) is 23.1 Å². The van der Waals surface area contributed by atoms with Gasteiger partial charge in [0.2, 0.25) is 5.91 Å². The van der Waals surface area contributed by atoms with Gasteiger partial charge in [-0.2, -0.15) is 0 Å². The molecular formula is C20H20N2OS2. The number of benzene rings is 2. The maximum Gasteiger partial charge on any atom is 0.238 e. The van der Waals surface area contributed by atoms with E-state index >= 15 is 0 Å². The smallest absolute Gasteiger partial charge is 0.238 e. The molecule has 0 bridgehead atoms. The first-order chi connectivity index (χ1) is 12.3. The lowest BCUT2D eigenvalue weighted by Crippen LogP contribution is -2.31. The summed E-state index contributed by atoms with van der Waals surface area (Å²) in [6.07, 6.45) is 2.02. The summed E-state index contributed by atoms with van der Waals surface area (Å²) in [7, 11) is 0. The molecule has 2 N–H and O–H groups in total. The quantitative estimate of drug-likeness (QED) is 0.589. The molecule has 0 fully saturated rings. The molecule has 3 rings (SSSR count). The summed E-state index contributed by atoms with van der Waals surface area (Å²) in [6, 6.07) is 22.2. The molecule has 0 saturated heterocycles. The molecule has 0 spiro atoms. The second-order valence-corrected chi connectivity index (χ2v) is 7.38. The van der Waals surface area contributed by atoms with Gasteiger partial charge in [-0.3, -0.25) is 10.1 Å². The van der Waals surface area contributed by atoms with Crippen LogP contribution in [0.3, 0.4) is 0 Å². The molecule has 25 heavy (non-hydrogen) atoms. The third-order valence-electron chi connectivity index (χ3n) is 3.78. The van der Waals surface area contributed by atoms with Crippen molar-refractivity contribution in [2.45, 2.75) is 10.9 Å². The summed E-state index contributed by atoms with van der Waals surface area (Å²) in [6.45, 7) is 0.251. The minimum Gasteiger partial charge on any atom is -0.325 e. The van der Waals surface area contributed by atoms with E-state index in [1.165, 1.54) is 4.88 Å². The van der Waals surface area contributed by atoms with Crippen LogP contribution in [0.25, 0.3) is 0 Å². The van der Waals surface area contributed by atoms with E-state index in [1.807, 2.05) is 54.8 Å². The van der Waals surface area contributed by atoms with Crippen molar-refractivity contribution in [3.63, 3.8) is 0 Å². The van der Waals surface area contributed by atoms with E-state index in [0.29, 0.717) is 0 Å². The highest BCUT2D eigenvalue weighted by Crippen LogP contribution is 2.25. The highest BCUT2D eigenvalue weighted by atomic mass is 32.2. The van der Waals surface area contributed by atoms with E-state index in [2.05, 4.69) is 34.2 Å². The number of carbonyl (C=O) groups excluding carboxylic acids is 1. The molecule has 0 aliphatic rings. The third-order valence-corrected chi connectivity index (χ3v) is 5.44. The summed E-state index contributed by atoms with van der Waals surface area (Å²) < 4.78 is 0. The van der Waals surface area contributed by atoms with Crippen LogP contribution >= 0.6 is 23.1 Å². The zero-order valence-electron chi connectivity index (χ0n) is 13.9. The summed E-state index contributed by atoms with van der Waals surface area (Å²) in [5.74, 6) is -0.0456. The van der Waals surface area contributed by atoms with Crippen LogP contribution in [0.2, 0.25) is 0 Å². The average Bonchev–Trinajstić information content (AvgIpc) is 3.17. The van der Waals surface area contributed by atoms with Gasteiger partial charge >= 0.3 is 0 Å². The molecule has 0 radical (unpaired) electrons. The van der Waals surface area contributed by atoms with E-state index < -0.39 is 0 Å². The molecule has 5 heteroatoms. The van der Waals surface area contributed by atoms with E-state index in [9.17, 15) is 4.79 Å². The van der Waals surface area contributed by atoms with Gasteiger partial charge in [-0.25, -0.2) is 0 Å². The maximum absolute atomic E-state index is 12.3. The average molecular weight is 369 g/mol. The number of anilines is 1. The number of thiophene rings is 1. The Hall–Kier alpha value is -2.08. The van der Waals surface area contributed by atoms with Crippen LogP contribution in [-0.2, 0) is 4.79 Å². The van der Waals surface area contributed by atoms with Crippen molar-refractivity contribution in [1.29, 1.82) is 0 Å². The number of carbonyl (C=O) groups is 1. The minimum absolute atomic E-state index is 0.0180. The molecule has 2 aromatic carbocycles. The summed E-state index contributed by atoms with van der Waals surface area (Å²) in [4.78, 5) is 14.7. The first-order valence-corrected chi connectivity index (χ1v) is 10.1. The molecule has 1 aromatic heterocycles. The zero-order chi connectivity index (χ0) is 17.5. The normalized spacial score (nSPS) is 11.9. The molecule has 3 aromatic rings. The molecule has 0 unspecified atom stereocenters. The Bertz CT molecular complexity index is 804. The Labute approximate surface area is 156 Å². The van der Waals surface area contributed by atoms with Crippen molar-refractivity contribution in [1.82, 2.24) is 5.32 Å². The van der Waals surface area contributed by atoms with Crippen LogP contribution in [0.4, 0.5) is 5.69 Å². The van der Waals surface area contributed by atoms with Crippen molar-refractivity contribution in [3.8, 4) is 0 Å². The van der Waals surface area contributed by atoms with Crippen molar-refractivity contribution in [2.24, 2.45) is 0 Å². The fourth-order valence-corrected chi connectivity index (χ4v) is 3.87. The topological polar surface area (TPSA) is 41.1 Å². The Kier molecular flexibility index (Phi) is 6.28. The highest BCUT2D eigenvalue weighted by molar-refractivity contribution is 7.98. The monoisotopic (exact) mass is 368 g/mol.